The lowest BCUT2D eigenvalue weighted by molar-refractivity contribution is -0.137. The number of thioether (sulfide) groups is 1. The van der Waals surface area contributed by atoms with Gasteiger partial charge in [-0.1, -0.05) is 23.9 Å². The summed E-state index contributed by atoms with van der Waals surface area (Å²) in [4.78, 5) is 18.8. The fraction of sp³-hybridized carbons (Fsp3) is 0.286. The van der Waals surface area contributed by atoms with Crippen molar-refractivity contribution in [1.82, 2.24) is 9.97 Å². The lowest BCUT2D eigenvalue weighted by atomic mass is 10.0. The second-order valence-corrected chi connectivity index (χ2v) is 5.31. The van der Waals surface area contributed by atoms with Gasteiger partial charge in [-0.25, -0.2) is 4.98 Å². The highest BCUT2D eigenvalue weighted by Gasteiger charge is 2.29. The number of aromatic amines is 1. The smallest absolute Gasteiger partial charge is 0.301 e. The van der Waals surface area contributed by atoms with Crippen molar-refractivity contribution in [2.45, 2.75) is 24.7 Å². The van der Waals surface area contributed by atoms with Crippen molar-refractivity contribution in [1.29, 1.82) is 0 Å². The van der Waals surface area contributed by atoms with Crippen molar-refractivity contribution in [2.75, 3.05) is 6.26 Å². The molecule has 1 heterocycles. The van der Waals surface area contributed by atoms with Crippen molar-refractivity contribution in [3.05, 3.63) is 57.0 Å². The highest BCUT2D eigenvalue weighted by Crippen LogP contribution is 2.29. The maximum absolute atomic E-state index is 12.5. The molecule has 0 fully saturated rings. The molecule has 0 aliphatic carbocycles. The van der Waals surface area contributed by atoms with E-state index in [1.165, 1.54) is 23.9 Å². The van der Waals surface area contributed by atoms with Crippen molar-refractivity contribution in [2.24, 2.45) is 0 Å². The van der Waals surface area contributed by atoms with Crippen LogP contribution in [0.2, 0.25) is 0 Å². The summed E-state index contributed by atoms with van der Waals surface area (Å²) in [6.07, 6.45) is -2.30. The minimum Gasteiger partial charge on any atom is -0.301 e. The van der Waals surface area contributed by atoms with Crippen LogP contribution in [-0.2, 0) is 12.6 Å². The zero-order chi connectivity index (χ0) is 15.6. The third-order valence-electron chi connectivity index (χ3n) is 3.06. The van der Waals surface area contributed by atoms with E-state index in [2.05, 4.69) is 9.97 Å². The molecule has 0 saturated heterocycles. The number of alkyl halides is 3. The monoisotopic (exact) mass is 314 g/mol. The molecular formula is C14H13F3N2OS. The molecule has 0 radical (unpaired) electrons. The standard InChI is InChI=1S/C14H13F3N2OS/c1-8-11(12(20)19-13(18-8)21-2)7-9-3-5-10(6-4-9)14(15,16)17/h3-6H,7H2,1-2H3,(H,18,19,20). The van der Waals surface area contributed by atoms with E-state index in [1.54, 1.807) is 13.2 Å². The number of nitrogens with zero attached hydrogens (tertiary/aromatic N) is 1. The molecule has 0 aliphatic heterocycles. The molecule has 0 aliphatic rings. The molecule has 112 valence electrons. The summed E-state index contributed by atoms with van der Waals surface area (Å²) in [6, 6.07) is 4.79. The van der Waals surface area contributed by atoms with Crippen molar-refractivity contribution < 1.29 is 13.2 Å². The van der Waals surface area contributed by atoms with E-state index in [9.17, 15) is 18.0 Å². The molecule has 0 unspecified atom stereocenters. The average molecular weight is 314 g/mol. The molecule has 2 rings (SSSR count). The van der Waals surface area contributed by atoms with Crippen molar-refractivity contribution in [3.8, 4) is 0 Å². The van der Waals surface area contributed by atoms with E-state index in [-0.39, 0.29) is 12.0 Å². The molecule has 2 aromatic rings. The van der Waals surface area contributed by atoms with Gasteiger partial charge in [0, 0.05) is 17.7 Å². The number of benzene rings is 1. The van der Waals surface area contributed by atoms with Crippen LogP contribution in [-0.4, -0.2) is 16.2 Å². The van der Waals surface area contributed by atoms with E-state index in [0.29, 0.717) is 22.0 Å². The molecule has 0 amide bonds. The van der Waals surface area contributed by atoms with Gasteiger partial charge in [0.25, 0.3) is 5.56 Å². The Bertz CT molecular complexity index is 693. The summed E-state index contributed by atoms with van der Waals surface area (Å²) in [6.45, 7) is 1.72. The maximum atomic E-state index is 12.5. The molecule has 3 nitrogen and oxygen atoms in total. The van der Waals surface area contributed by atoms with Gasteiger partial charge >= 0.3 is 6.18 Å². The quantitative estimate of drug-likeness (QED) is 0.697. The number of halogens is 3. The minimum atomic E-state index is -4.35. The van der Waals surface area contributed by atoms with E-state index in [1.807, 2.05) is 0 Å². The Morgan fingerprint density at radius 2 is 1.86 bits per heavy atom. The van der Waals surface area contributed by atoms with Crippen LogP contribution in [0.3, 0.4) is 0 Å². The van der Waals surface area contributed by atoms with E-state index in [4.69, 9.17) is 0 Å². The summed E-state index contributed by atoms with van der Waals surface area (Å²) in [5.74, 6) is 0. The summed E-state index contributed by atoms with van der Waals surface area (Å²) in [7, 11) is 0. The molecule has 0 atom stereocenters. The highest BCUT2D eigenvalue weighted by molar-refractivity contribution is 7.98. The number of hydrogen-bond donors (Lipinski definition) is 1. The SMILES string of the molecule is CSc1nc(C)c(Cc2ccc(C(F)(F)F)cc2)c(=O)[nH]1. The van der Waals surface area contributed by atoms with Crippen LogP contribution in [0, 0.1) is 6.92 Å². The number of hydrogen-bond acceptors (Lipinski definition) is 3. The first-order chi connectivity index (χ1) is 9.81. The Hall–Kier alpha value is -1.76. The Kier molecular flexibility index (Phi) is 4.41. The van der Waals surface area contributed by atoms with E-state index >= 15 is 0 Å². The fourth-order valence-electron chi connectivity index (χ4n) is 1.91. The van der Waals surface area contributed by atoms with Crippen LogP contribution in [0.25, 0.3) is 0 Å². The largest absolute Gasteiger partial charge is 0.416 e. The zero-order valence-corrected chi connectivity index (χ0v) is 12.2. The summed E-state index contributed by atoms with van der Waals surface area (Å²) in [5, 5.41) is 0.522. The third-order valence-corrected chi connectivity index (χ3v) is 3.64. The zero-order valence-electron chi connectivity index (χ0n) is 11.4. The lowest BCUT2D eigenvalue weighted by Gasteiger charge is -2.09. The van der Waals surface area contributed by atoms with E-state index < -0.39 is 11.7 Å². The number of nitrogens with one attached hydrogen (secondary N) is 1. The van der Waals surface area contributed by atoms with Gasteiger partial charge in [-0.05, 0) is 30.9 Å². The number of aromatic nitrogens is 2. The van der Waals surface area contributed by atoms with Crippen LogP contribution in [0.5, 0.6) is 0 Å². The van der Waals surface area contributed by atoms with E-state index in [0.717, 1.165) is 12.1 Å². The van der Waals surface area contributed by atoms with Gasteiger partial charge in [0.1, 0.15) is 0 Å². The Morgan fingerprint density at radius 3 is 2.33 bits per heavy atom. The normalized spacial score (nSPS) is 11.7. The minimum absolute atomic E-state index is 0.251. The Labute approximate surface area is 123 Å². The summed E-state index contributed by atoms with van der Waals surface area (Å²) in [5.41, 5.74) is 0.727. The molecule has 1 aromatic carbocycles. The van der Waals surface area contributed by atoms with Gasteiger partial charge in [0.2, 0.25) is 0 Å². The van der Waals surface area contributed by atoms with Crippen LogP contribution in [0.15, 0.2) is 34.2 Å². The molecule has 0 spiro atoms. The molecule has 0 saturated carbocycles. The number of aryl methyl sites for hydroxylation is 1. The maximum Gasteiger partial charge on any atom is 0.416 e. The topological polar surface area (TPSA) is 45.8 Å². The molecule has 1 aromatic heterocycles. The number of H-pyrrole nitrogens is 1. The molecule has 7 heteroatoms. The summed E-state index contributed by atoms with van der Waals surface area (Å²) >= 11 is 1.33. The highest BCUT2D eigenvalue weighted by atomic mass is 32.2. The molecule has 21 heavy (non-hydrogen) atoms. The van der Waals surface area contributed by atoms with Crippen LogP contribution >= 0.6 is 11.8 Å². The van der Waals surface area contributed by atoms with Crippen LogP contribution in [0.4, 0.5) is 13.2 Å². The first-order valence-corrected chi connectivity index (χ1v) is 7.33. The average Bonchev–Trinajstić information content (AvgIpc) is 2.42. The van der Waals surface area contributed by atoms with Gasteiger partial charge in [0.05, 0.1) is 5.56 Å². The first kappa shape index (κ1) is 15.6. The van der Waals surface area contributed by atoms with Gasteiger partial charge in [-0.15, -0.1) is 0 Å². The van der Waals surface area contributed by atoms with Gasteiger partial charge in [-0.2, -0.15) is 13.2 Å². The van der Waals surface area contributed by atoms with Gasteiger partial charge in [-0.3, -0.25) is 4.79 Å². The molecular weight excluding hydrogens is 301 g/mol. The predicted molar refractivity (Wildman–Crippen MR) is 75.6 cm³/mol. The van der Waals surface area contributed by atoms with Crippen molar-refractivity contribution in [3.63, 3.8) is 0 Å². The third kappa shape index (κ3) is 3.66. The second-order valence-electron chi connectivity index (χ2n) is 4.51. The lowest BCUT2D eigenvalue weighted by Crippen LogP contribution is -2.17. The number of rotatable bonds is 3. The predicted octanol–water partition coefficient (Wildman–Crippen LogP) is 3.41. The summed E-state index contributed by atoms with van der Waals surface area (Å²) < 4.78 is 37.5. The van der Waals surface area contributed by atoms with Crippen LogP contribution < -0.4 is 5.56 Å². The van der Waals surface area contributed by atoms with Crippen LogP contribution in [0.1, 0.15) is 22.4 Å². The fourth-order valence-corrected chi connectivity index (χ4v) is 2.33. The molecule has 0 bridgehead atoms. The van der Waals surface area contributed by atoms with Gasteiger partial charge < -0.3 is 4.98 Å². The van der Waals surface area contributed by atoms with Gasteiger partial charge in [0.15, 0.2) is 5.16 Å². The van der Waals surface area contributed by atoms with Crippen molar-refractivity contribution >= 4 is 11.8 Å². The Balaban J connectivity index is 2.29. The molecule has 1 N–H and O–H groups in total. The second kappa shape index (κ2) is 5.93. The Morgan fingerprint density at radius 1 is 1.24 bits per heavy atom. The first-order valence-electron chi connectivity index (χ1n) is 6.11.